The van der Waals surface area contributed by atoms with Gasteiger partial charge in [-0.2, -0.15) is 0 Å². The summed E-state index contributed by atoms with van der Waals surface area (Å²) in [6.07, 6.45) is 6.47. The number of fused-ring (bicyclic) bond motifs is 1. The molecule has 0 unspecified atom stereocenters. The molecule has 5 N–H and O–H groups in total. The Kier molecular flexibility index (Phi) is 10.5. The Morgan fingerprint density at radius 3 is 2.38 bits per heavy atom. The third kappa shape index (κ3) is 8.83. The molecule has 4 rings (SSSR count). The number of carbonyl (C=O) groups is 4. The van der Waals surface area contributed by atoms with Gasteiger partial charge in [0.2, 0.25) is 6.41 Å². The van der Waals surface area contributed by atoms with Gasteiger partial charge < -0.3 is 26.6 Å². The zero-order valence-electron chi connectivity index (χ0n) is 18.8. The number of nitrogens with zero attached hydrogens (tertiary/aromatic N) is 4. The number of rotatable bonds is 3. The summed E-state index contributed by atoms with van der Waals surface area (Å²) >= 11 is 1.42. The highest BCUT2D eigenvalue weighted by Gasteiger charge is 2.19. The molecule has 4 amide bonds. The van der Waals surface area contributed by atoms with Crippen molar-refractivity contribution >= 4 is 41.3 Å². The zero-order chi connectivity index (χ0) is 25.1. The topological polar surface area (TPSA) is 165 Å². The summed E-state index contributed by atoms with van der Waals surface area (Å²) in [6, 6.07) is 2.32. The maximum absolute atomic E-state index is 12.3. The van der Waals surface area contributed by atoms with E-state index in [1.807, 2.05) is 4.90 Å². The van der Waals surface area contributed by atoms with Gasteiger partial charge in [0.15, 0.2) is 5.01 Å². The zero-order valence-corrected chi connectivity index (χ0v) is 19.6. The lowest BCUT2D eigenvalue weighted by atomic mass is 10.1. The SMILES string of the molecule is CN1CCc2nc(C(N)=O)sc2C1.NC(=O)C(=O)Nc1ccc(F)cn1.O=CN1CCCCC1. The molecule has 0 atom stereocenters. The van der Waals surface area contributed by atoms with Crippen molar-refractivity contribution in [3.8, 4) is 0 Å². The molecule has 2 aromatic heterocycles. The number of carbonyl (C=O) groups excluding carboxylic acids is 4. The van der Waals surface area contributed by atoms with E-state index in [2.05, 4.69) is 33.0 Å². The number of thiazole rings is 1. The predicted octanol–water partition coefficient (Wildman–Crippen LogP) is 0.503. The van der Waals surface area contributed by atoms with Gasteiger partial charge >= 0.3 is 11.8 Å². The van der Waals surface area contributed by atoms with Crippen molar-refractivity contribution in [2.24, 2.45) is 11.5 Å². The fraction of sp³-hybridized carbons (Fsp3) is 0.429. The maximum Gasteiger partial charge on any atom is 0.314 e. The molecule has 2 aliphatic heterocycles. The number of aromatic nitrogens is 2. The second kappa shape index (κ2) is 13.3. The second-order valence-corrected chi connectivity index (χ2v) is 8.71. The summed E-state index contributed by atoms with van der Waals surface area (Å²) in [4.78, 5) is 54.8. The van der Waals surface area contributed by atoms with Crippen LogP contribution in [0.4, 0.5) is 10.2 Å². The standard InChI is InChI=1S/C8H11N3OS.C7H6FN3O2.C6H11NO/c1-11-3-2-5-6(4-11)13-8(10-5)7(9)12;8-4-1-2-5(10-3-4)11-7(13)6(9)12;8-6-7-4-2-1-3-5-7/h2-4H2,1H3,(H2,9,12);1-3H,(H2,9,12)(H,10,11,13);6H,1-5H2. The minimum absolute atomic E-state index is 0.0743. The molecular weight excluding hydrogens is 465 g/mol. The van der Waals surface area contributed by atoms with Crippen molar-refractivity contribution in [2.45, 2.75) is 32.2 Å². The number of pyridine rings is 1. The van der Waals surface area contributed by atoms with Crippen LogP contribution in [0.1, 0.15) is 39.6 Å². The van der Waals surface area contributed by atoms with E-state index in [9.17, 15) is 23.6 Å². The quantitative estimate of drug-likeness (QED) is 0.414. The second-order valence-electron chi connectivity index (χ2n) is 7.62. The molecule has 34 heavy (non-hydrogen) atoms. The lowest BCUT2D eigenvalue weighted by Crippen LogP contribution is -2.29. The molecule has 13 heteroatoms. The van der Waals surface area contributed by atoms with Crippen LogP contribution in [0.15, 0.2) is 18.3 Å². The fourth-order valence-corrected chi connectivity index (χ4v) is 4.12. The Labute approximate surface area is 200 Å². The molecule has 0 aliphatic carbocycles. The summed E-state index contributed by atoms with van der Waals surface area (Å²) in [5, 5.41) is 2.52. The van der Waals surface area contributed by atoms with Crippen molar-refractivity contribution in [3.63, 3.8) is 0 Å². The highest BCUT2D eigenvalue weighted by Crippen LogP contribution is 2.23. The Morgan fingerprint density at radius 2 is 1.85 bits per heavy atom. The number of nitrogens with one attached hydrogen (secondary N) is 1. The summed E-state index contributed by atoms with van der Waals surface area (Å²) in [5.74, 6) is -2.98. The molecule has 0 radical (unpaired) electrons. The fourth-order valence-electron chi connectivity index (χ4n) is 3.08. The minimum Gasteiger partial charge on any atom is -0.364 e. The van der Waals surface area contributed by atoms with Crippen LogP contribution >= 0.6 is 11.3 Å². The van der Waals surface area contributed by atoms with E-state index in [0.717, 1.165) is 57.0 Å². The van der Waals surface area contributed by atoms with E-state index in [1.165, 1.54) is 41.5 Å². The monoisotopic (exact) mass is 493 g/mol. The average Bonchev–Trinajstić information content (AvgIpc) is 3.25. The summed E-state index contributed by atoms with van der Waals surface area (Å²) in [7, 11) is 2.06. The van der Waals surface area contributed by atoms with Gasteiger partial charge in [0, 0.05) is 37.5 Å². The van der Waals surface area contributed by atoms with Gasteiger partial charge in [0.05, 0.1) is 11.9 Å². The van der Waals surface area contributed by atoms with Crippen LogP contribution in [-0.4, -0.2) is 70.6 Å². The first-order chi connectivity index (χ1) is 16.2. The molecule has 11 nitrogen and oxygen atoms in total. The van der Waals surface area contributed by atoms with Crippen LogP contribution in [0, 0.1) is 5.82 Å². The molecular formula is C21H28FN7O4S. The normalized spacial score (nSPS) is 14.9. The lowest BCUT2D eigenvalue weighted by molar-refractivity contribution is -0.134. The summed E-state index contributed by atoms with van der Waals surface area (Å²) < 4.78 is 12.3. The molecule has 2 aliphatic rings. The molecule has 1 saturated heterocycles. The molecule has 1 fully saturated rings. The van der Waals surface area contributed by atoms with Gasteiger partial charge in [-0.1, -0.05) is 0 Å². The molecule has 0 saturated carbocycles. The molecule has 0 bridgehead atoms. The molecule has 2 aromatic rings. The third-order valence-electron chi connectivity index (χ3n) is 4.87. The summed E-state index contributed by atoms with van der Waals surface area (Å²) in [5.41, 5.74) is 10.9. The van der Waals surface area contributed by atoms with E-state index in [-0.39, 0.29) is 5.82 Å². The van der Waals surface area contributed by atoms with Crippen LogP contribution in [0.2, 0.25) is 0 Å². The first kappa shape index (κ1) is 26.8. The van der Waals surface area contributed by atoms with Crippen molar-refractivity contribution in [2.75, 3.05) is 32.0 Å². The van der Waals surface area contributed by atoms with Crippen molar-refractivity contribution in [3.05, 3.63) is 39.7 Å². The van der Waals surface area contributed by atoms with Crippen LogP contribution in [0.5, 0.6) is 0 Å². The molecule has 4 heterocycles. The first-order valence-electron chi connectivity index (χ1n) is 10.6. The van der Waals surface area contributed by atoms with Gasteiger partial charge in [-0.3, -0.25) is 19.2 Å². The Bertz CT molecular complexity index is 994. The van der Waals surface area contributed by atoms with Crippen molar-refractivity contribution < 1.29 is 23.6 Å². The van der Waals surface area contributed by atoms with E-state index < -0.39 is 23.5 Å². The predicted molar refractivity (Wildman–Crippen MR) is 124 cm³/mol. The largest absolute Gasteiger partial charge is 0.364 e. The maximum atomic E-state index is 12.3. The van der Waals surface area contributed by atoms with Gasteiger partial charge in [0.25, 0.3) is 5.91 Å². The number of amides is 4. The third-order valence-corrected chi connectivity index (χ3v) is 5.96. The van der Waals surface area contributed by atoms with Gasteiger partial charge in [-0.15, -0.1) is 11.3 Å². The number of likely N-dealkylation sites (N-methyl/N-ethyl adjacent to an activating group) is 1. The van der Waals surface area contributed by atoms with Crippen molar-refractivity contribution in [1.29, 1.82) is 0 Å². The number of hydrogen-bond acceptors (Lipinski definition) is 8. The Hall–Kier alpha value is -3.45. The Morgan fingerprint density at radius 1 is 1.15 bits per heavy atom. The van der Waals surface area contributed by atoms with Crippen molar-refractivity contribution in [1.82, 2.24) is 19.8 Å². The van der Waals surface area contributed by atoms with E-state index >= 15 is 0 Å². The number of nitrogens with two attached hydrogens (primary N) is 2. The highest BCUT2D eigenvalue weighted by atomic mass is 32.1. The molecule has 184 valence electrons. The summed E-state index contributed by atoms with van der Waals surface area (Å²) in [6.45, 7) is 3.85. The number of likely N-dealkylation sites (tertiary alicyclic amines) is 1. The minimum atomic E-state index is -1.12. The van der Waals surface area contributed by atoms with Crippen LogP contribution in [0.25, 0.3) is 0 Å². The van der Waals surface area contributed by atoms with Crippen LogP contribution in [-0.2, 0) is 27.3 Å². The number of primary amides is 2. The number of piperidine rings is 1. The van der Waals surface area contributed by atoms with Gasteiger partial charge in [0.1, 0.15) is 11.6 Å². The highest BCUT2D eigenvalue weighted by molar-refractivity contribution is 7.13. The lowest BCUT2D eigenvalue weighted by Gasteiger charge is -2.21. The molecule has 0 spiro atoms. The number of halogens is 1. The van der Waals surface area contributed by atoms with Crippen LogP contribution < -0.4 is 16.8 Å². The van der Waals surface area contributed by atoms with E-state index in [1.54, 1.807) is 0 Å². The molecule has 0 aromatic carbocycles. The number of anilines is 1. The van der Waals surface area contributed by atoms with Crippen LogP contribution in [0.3, 0.4) is 0 Å². The number of hydrogen-bond donors (Lipinski definition) is 3. The van der Waals surface area contributed by atoms with Gasteiger partial charge in [-0.25, -0.2) is 14.4 Å². The average molecular weight is 494 g/mol. The van der Waals surface area contributed by atoms with E-state index in [4.69, 9.17) is 5.73 Å². The first-order valence-corrected chi connectivity index (χ1v) is 11.4. The van der Waals surface area contributed by atoms with E-state index in [0.29, 0.717) is 5.01 Å². The smallest absolute Gasteiger partial charge is 0.314 e. The Balaban J connectivity index is 0.000000186. The van der Waals surface area contributed by atoms with Gasteiger partial charge in [-0.05, 0) is 38.4 Å².